The van der Waals surface area contributed by atoms with Crippen molar-refractivity contribution in [1.29, 1.82) is 0 Å². The summed E-state index contributed by atoms with van der Waals surface area (Å²) in [4.78, 5) is 5.83. The van der Waals surface area contributed by atoms with Gasteiger partial charge in [-0.05, 0) is 187 Å². The zero-order chi connectivity index (χ0) is 63.4. The SMILES string of the molecule is c1ccc(-c2cc(-c3ccccc3)nc(-n3c4cc(-c5cc(-c6cccc7c6sc6ccccc67)cc(-c6cccc7c6sc6ccccc67)c5)cc5c4c4c(cc(-c6cc(-c7cccc8c7sc7ccccc78)cc(-c7cccc8c7sc7ccccc78)c6)cc43)CC5)c2)cc1. The second-order valence-corrected chi connectivity index (χ2v) is 30.2. The van der Waals surface area contributed by atoms with Crippen molar-refractivity contribution in [2.24, 2.45) is 0 Å². The highest BCUT2D eigenvalue weighted by Crippen LogP contribution is 2.51. The molecule has 1 aliphatic carbocycles. The highest BCUT2D eigenvalue weighted by atomic mass is 32.1. The van der Waals surface area contributed by atoms with Crippen LogP contribution in [0.15, 0.2) is 303 Å². The Morgan fingerprint density at radius 1 is 0.237 bits per heavy atom. The molecule has 0 saturated carbocycles. The molecule has 1 aliphatic rings. The first-order valence-electron chi connectivity index (χ1n) is 33.2. The Morgan fingerprint density at radius 3 is 0.928 bits per heavy atom. The van der Waals surface area contributed by atoms with E-state index in [1.54, 1.807) is 0 Å². The molecule has 6 aromatic heterocycles. The van der Waals surface area contributed by atoms with Crippen LogP contribution in [-0.2, 0) is 12.8 Å². The number of hydrogen-bond acceptors (Lipinski definition) is 5. The van der Waals surface area contributed by atoms with Crippen LogP contribution in [0.2, 0.25) is 0 Å². The molecule has 0 amide bonds. The molecule has 0 unspecified atom stereocenters. The number of benzene rings is 14. The monoisotopic (exact) mass is 1300 g/mol. The first kappa shape index (κ1) is 55.2. The van der Waals surface area contributed by atoms with Crippen molar-refractivity contribution in [3.63, 3.8) is 0 Å². The van der Waals surface area contributed by atoms with Crippen molar-refractivity contribution in [2.75, 3.05) is 0 Å². The van der Waals surface area contributed by atoms with E-state index < -0.39 is 0 Å². The zero-order valence-electron chi connectivity index (χ0n) is 52.3. The molecule has 6 heterocycles. The van der Waals surface area contributed by atoms with E-state index in [9.17, 15) is 0 Å². The Bertz CT molecular complexity index is 6030. The van der Waals surface area contributed by atoms with Gasteiger partial charge in [0.2, 0.25) is 0 Å². The van der Waals surface area contributed by atoms with Gasteiger partial charge in [-0.25, -0.2) is 4.98 Å². The van der Waals surface area contributed by atoms with Crippen LogP contribution in [0, 0.1) is 0 Å². The molecule has 452 valence electrons. The van der Waals surface area contributed by atoms with Gasteiger partial charge in [-0.2, -0.15) is 0 Å². The molecule has 0 bridgehead atoms. The molecule has 0 N–H and O–H groups in total. The Labute approximate surface area is 575 Å². The summed E-state index contributed by atoms with van der Waals surface area (Å²) in [5, 5.41) is 13.0. The van der Waals surface area contributed by atoms with E-state index in [0.29, 0.717) is 0 Å². The second-order valence-electron chi connectivity index (χ2n) is 25.9. The van der Waals surface area contributed by atoms with Crippen molar-refractivity contribution in [1.82, 2.24) is 9.55 Å². The number of hydrogen-bond donors (Lipinski definition) is 0. The Balaban J connectivity index is 0.842. The fraction of sp³-hybridized carbons (Fsp3) is 0.0220. The van der Waals surface area contributed by atoms with E-state index in [1.165, 1.54) is 169 Å². The van der Waals surface area contributed by atoms with E-state index in [4.69, 9.17) is 4.98 Å². The van der Waals surface area contributed by atoms with Crippen molar-refractivity contribution in [3.05, 3.63) is 314 Å². The minimum Gasteiger partial charge on any atom is -0.294 e. The van der Waals surface area contributed by atoms with E-state index >= 15 is 0 Å². The second kappa shape index (κ2) is 21.7. The lowest BCUT2D eigenvalue weighted by molar-refractivity contribution is 0.970. The third kappa shape index (κ3) is 8.77. The Kier molecular flexibility index (Phi) is 12.4. The van der Waals surface area contributed by atoms with Crippen LogP contribution >= 0.6 is 45.3 Å². The summed E-state index contributed by atoms with van der Waals surface area (Å²) in [6.45, 7) is 0. The summed E-state index contributed by atoms with van der Waals surface area (Å²) < 4.78 is 13.0. The summed E-state index contributed by atoms with van der Waals surface area (Å²) in [7, 11) is 0. The van der Waals surface area contributed by atoms with Crippen LogP contribution in [-0.4, -0.2) is 9.55 Å². The summed E-state index contributed by atoms with van der Waals surface area (Å²) in [5.74, 6) is 0.887. The van der Waals surface area contributed by atoms with E-state index in [2.05, 4.69) is 308 Å². The fourth-order valence-electron chi connectivity index (χ4n) is 16.0. The molecule has 21 rings (SSSR count). The maximum Gasteiger partial charge on any atom is 0.138 e. The third-order valence-corrected chi connectivity index (χ3v) is 25.3. The molecule has 0 spiro atoms. The van der Waals surface area contributed by atoms with Crippen molar-refractivity contribution >= 4 is 148 Å². The van der Waals surface area contributed by atoms with Crippen molar-refractivity contribution in [2.45, 2.75) is 12.8 Å². The van der Waals surface area contributed by atoms with Gasteiger partial charge in [0, 0.05) is 97.0 Å². The number of pyridine rings is 1. The predicted molar refractivity (Wildman–Crippen MR) is 421 cm³/mol. The molecule has 2 nitrogen and oxygen atoms in total. The first-order valence-corrected chi connectivity index (χ1v) is 36.5. The number of nitrogens with zero attached hydrogens (tertiary/aromatic N) is 2. The van der Waals surface area contributed by atoms with E-state index in [1.807, 2.05) is 45.3 Å². The predicted octanol–water partition coefficient (Wildman–Crippen LogP) is 27.1. The molecule has 0 aliphatic heterocycles. The number of fused-ring (bicyclic) bond motifs is 12. The van der Waals surface area contributed by atoms with Crippen LogP contribution in [0.25, 0.3) is 197 Å². The molecule has 97 heavy (non-hydrogen) atoms. The maximum absolute atomic E-state index is 5.83. The lowest BCUT2D eigenvalue weighted by atomic mass is 9.86. The Hall–Kier alpha value is -11.1. The van der Waals surface area contributed by atoms with Crippen LogP contribution in [0.4, 0.5) is 0 Å². The number of aromatic nitrogens is 2. The smallest absolute Gasteiger partial charge is 0.138 e. The van der Waals surface area contributed by atoms with Gasteiger partial charge in [0.05, 0.1) is 16.7 Å². The lowest BCUT2D eigenvalue weighted by Crippen LogP contribution is -2.00. The number of thiophene rings is 4. The summed E-state index contributed by atoms with van der Waals surface area (Å²) in [5.41, 5.74) is 23.9. The molecule has 0 atom stereocenters. The summed E-state index contributed by atoms with van der Waals surface area (Å²) >= 11 is 7.60. The lowest BCUT2D eigenvalue weighted by Gasteiger charge is -2.18. The molecule has 0 radical (unpaired) electrons. The largest absolute Gasteiger partial charge is 0.294 e. The van der Waals surface area contributed by atoms with Gasteiger partial charge < -0.3 is 0 Å². The molecule has 14 aromatic carbocycles. The normalized spacial score (nSPS) is 12.5. The van der Waals surface area contributed by atoms with Gasteiger partial charge in [0.15, 0.2) is 0 Å². The minimum absolute atomic E-state index is 0.887. The minimum atomic E-state index is 0.887. The summed E-state index contributed by atoms with van der Waals surface area (Å²) in [6, 6.07) is 114. The third-order valence-electron chi connectivity index (χ3n) is 20.4. The first-order chi connectivity index (χ1) is 48.0. The molecule has 20 aromatic rings. The van der Waals surface area contributed by atoms with Gasteiger partial charge in [-0.1, -0.05) is 218 Å². The standard InChI is InChI=1S/C91H54N2S4/c1-3-19-53(20-4-1)61-49-78(54-21-5-2-6-22-54)92-85(52-61)93-79-50-59(57-43-62(66-27-15-31-74-70-23-7-11-35-81(70)94-88(66)74)47-63(44-57)67-28-16-32-75-71-24-8-12-36-82(71)95-89(67)75)41-55-39-40-56-42-60(51-80(93)87(56)86(55)79)58-45-64(68-29-17-33-76-72-25-9-13-37-83(72)96-90(68)76)48-65(46-58)69-30-18-34-77-73-26-10-14-38-84(73)97-91(69)77/h1-38,41-52H,39-40H2. The van der Waals surface area contributed by atoms with Crippen LogP contribution in [0.1, 0.15) is 11.1 Å². The number of aryl methyl sites for hydroxylation is 2. The average Bonchev–Trinajstić information content (AvgIpc) is 1.54. The van der Waals surface area contributed by atoms with Crippen LogP contribution in [0.3, 0.4) is 0 Å². The van der Waals surface area contributed by atoms with Gasteiger partial charge in [0.25, 0.3) is 0 Å². The molecule has 6 heteroatoms. The molecule has 0 saturated heterocycles. The van der Waals surface area contributed by atoms with E-state index in [0.717, 1.165) is 52.1 Å². The topological polar surface area (TPSA) is 17.8 Å². The van der Waals surface area contributed by atoms with Crippen molar-refractivity contribution in [3.8, 4) is 95.0 Å². The van der Waals surface area contributed by atoms with Gasteiger partial charge in [-0.15, -0.1) is 45.3 Å². The maximum atomic E-state index is 5.83. The van der Waals surface area contributed by atoms with Gasteiger partial charge in [0.1, 0.15) is 5.82 Å². The highest BCUT2D eigenvalue weighted by Gasteiger charge is 2.27. The molecular weight excluding hydrogens is 1250 g/mol. The summed E-state index contributed by atoms with van der Waals surface area (Å²) in [6.07, 6.45) is 1.79. The van der Waals surface area contributed by atoms with E-state index in [-0.39, 0.29) is 0 Å². The zero-order valence-corrected chi connectivity index (χ0v) is 55.6. The highest BCUT2D eigenvalue weighted by molar-refractivity contribution is 7.27. The Morgan fingerprint density at radius 2 is 0.546 bits per heavy atom. The average molecular weight is 1300 g/mol. The molecule has 0 fully saturated rings. The van der Waals surface area contributed by atoms with Crippen molar-refractivity contribution < 1.29 is 0 Å². The van der Waals surface area contributed by atoms with Crippen LogP contribution in [0.5, 0.6) is 0 Å². The van der Waals surface area contributed by atoms with Gasteiger partial charge >= 0.3 is 0 Å². The fourth-order valence-corrected chi connectivity index (χ4v) is 20.9. The molecular formula is C91H54N2S4. The van der Waals surface area contributed by atoms with Crippen LogP contribution < -0.4 is 0 Å². The number of rotatable bonds is 9. The van der Waals surface area contributed by atoms with Gasteiger partial charge in [-0.3, -0.25) is 4.57 Å². The quantitative estimate of drug-likeness (QED) is 0.141.